The molecule has 0 bridgehead atoms. The first-order chi connectivity index (χ1) is 12.5. The number of hydrogen-bond donors (Lipinski definition) is 1. The van der Waals surface area contributed by atoms with Crippen LogP contribution in [0.4, 0.5) is 0 Å². The number of amides is 2. The minimum Gasteiger partial charge on any atom is -0.352 e. The molecule has 0 radical (unpaired) electrons. The number of unbranched alkanes of at least 4 members (excludes halogenated alkanes) is 1. The maximum atomic E-state index is 12.0. The molecular weight excluding hydrogens is 332 g/mol. The molecule has 7 nitrogen and oxygen atoms in total. The van der Waals surface area contributed by atoms with Gasteiger partial charge in [-0.2, -0.15) is 4.98 Å². The fourth-order valence-corrected chi connectivity index (χ4v) is 2.38. The highest BCUT2D eigenvalue weighted by molar-refractivity contribution is 5.94. The molecular formula is C19H26N4O3. The topological polar surface area (TPSA) is 88.3 Å². The van der Waals surface area contributed by atoms with E-state index in [0.29, 0.717) is 43.2 Å². The van der Waals surface area contributed by atoms with Crippen molar-refractivity contribution >= 4 is 11.8 Å². The zero-order chi connectivity index (χ0) is 18.9. The van der Waals surface area contributed by atoms with Crippen LogP contribution >= 0.6 is 0 Å². The highest BCUT2D eigenvalue weighted by Gasteiger charge is 2.12. The lowest BCUT2D eigenvalue weighted by molar-refractivity contribution is -0.129. The number of benzene rings is 1. The lowest BCUT2D eigenvalue weighted by atomic mass is 10.1. The van der Waals surface area contributed by atoms with Gasteiger partial charge in [-0.3, -0.25) is 9.59 Å². The number of nitrogens with one attached hydrogen (secondary N) is 1. The molecule has 0 spiro atoms. The Bertz CT molecular complexity index is 725. The summed E-state index contributed by atoms with van der Waals surface area (Å²) in [5, 5.41) is 6.84. The van der Waals surface area contributed by atoms with E-state index in [1.807, 2.05) is 6.92 Å². The molecule has 1 aromatic carbocycles. The molecule has 1 heterocycles. The fourth-order valence-electron chi connectivity index (χ4n) is 2.38. The highest BCUT2D eigenvalue weighted by Crippen LogP contribution is 2.18. The first-order valence-electron chi connectivity index (χ1n) is 9.00. The predicted octanol–water partition coefficient (Wildman–Crippen LogP) is 2.68. The van der Waals surface area contributed by atoms with Crippen LogP contribution in [-0.2, 0) is 11.2 Å². The van der Waals surface area contributed by atoms with Crippen molar-refractivity contribution in [1.82, 2.24) is 20.4 Å². The molecule has 0 aliphatic heterocycles. The Kier molecular flexibility index (Phi) is 7.32. The third kappa shape index (κ3) is 5.40. The summed E-state index contributed by atoms with van der Waals surface area (Å²) in [6, 6.07) is 7.07. The molecule has 0 fully saturated rings. The van der Waals surface area contributed by atoms with Gasteiger partial charge in [-0.25, -0.2) is 0 Å². The standard InChI is InChI=1S/C19H26N4O3/c1-4-6-12-20-18(25)14-7-9-15(10-8-14)19-21-16(22-26-19)11-13-23(3)17(24)5-2/h7-10H,4-6,11-13H2,1-3H3,(H,20,25). The molecule has 0 aliphatic carbocycles. The monoisotopic (exact) mass is 358 g/mol. The lowest BCUT2D eigenvalue weighted by Crippen LogP contribution is -2.28. The smallest absolute Gasteiger partial charge is 0.257 e. The van der Waals surface area contributed by atoms with Crippen molar-refractivity contribution in [2.24, 2.45) is 0 Å². The number of carbonyl (C=O) groups is 2. The van der Waals surface area contributed by atoms with Crippen molar-refractivity contribution in [3.63, 3.8) is 0 Å². The average molecular weight is 358 g/mol. The summed E-state index contributed by atoms with van der Waals surface area (Å²) in [6.07, 6.45) is 3.02. The summed E-state index contributed by atoms with van der Waals surface area (Å²) in [7, 11) is 1.76. The third-order valence-electron chi connectivity index (χ3n) is 4.08. The van der Waals surface area contributed by atoms with Crippen LogP contribution in [-0.4, -0.2) is 47.0 Å². The molecule has 2 amide bonds. The summed E-state index contributed by atoms with van der Waals surface area (Å²) in [5.41, 5.74) is 1.36. The Hall–Kier alpha value is -2.70. The fraction of sp³-hybridized carbons (Fsp3) is 0.474. The molecule has 0 atom stereocenters. The van der Waals surface area contributed by atoms with E-state index in [9.17, 15) is 9.59 Å². The van der Waals surface area contributed by atoms with Crippen LogP contribution in [0.15, 0.2) is 28.8 Å². The minimum absolute atomic E-state index is 0.0835. The predicted molar refractivity (Wildman–Crippen MR) is 98.6 cm³/mol. The zero-order valence-electron chi connectivity index (χ0n) is 15.6. The second-order valence-electron chi connectivity index (χ2n) is 6.12. The number of hydrogen-bond acceptors (Lipinski definition) is 5. The SMILES string of the molecule is CCCCNC(=O)c1ccc(-c2nc(CCN(C)C(=O)CC)no2)cc1. The number of aromatic nitrogens is 2. The zero-order valence-corrected chi connectivity index (χ0v) is 15.6. The van der Waals surface area contributed by atoms with E-state index in [-0.39, 0.29) is 11.8 Å². The van der Waals surface area contributed by atoms with Crippen LogP contribution in [0.2, 0.25) is 0 Å². The van der Waals surface area contributed by atoms with E-state index in [4.69, 9.17) is 4.52 Å². The van der Waals surface area contributed by atoms with E-state index in [0.717, 1.165) is 18.4 Å². The van der Waals surface area contributed by atoms with Crippen LogP contribution in [0.1, 0.15) is 49.3 Å². The summed E-state index contributed by atoms with van der Waals surface area (Å²) in [5.74, 6) is 0.959. The van der Waals surface area contributed by atoms with E-state index in [1.165, 1.54) is 0 Å². The van der Waals surface area contributed by atoms with Gasteiger partial charge in [0, 0.05) is 44.1 Å². The molecule has 0 aliphatic rings. The van der Waals surface area contributed by atoms with Crippen molar-refractivity contribution in [3.05, 3.63) is 35.7 Å². The van der Waals surface area contributed by atoms with Crippen LogP contribution in [0.3, 0.4) is 0 Å². The van der Waals surface area contributed by atoms with E-state index >= 15 is 0 Å². The van der Waals surface area contributed by atoms with Crippen LogP contribution < -0.4 is 5.32 Å². The molecule has 0 saturated carbocycles. The van der Waals surface area contributed by atoms with Gasteiger partial charge in [0.05, 0.1) is 0 Å². The first kappa shape index (κ1) is 19.6. The van der Waals surface area contributed by atoms with Crippen LogP contribution in [0, 0.1) is 0 Å². The van der Waals surface area contributed by atoms with Crippen molar-refractivity contribution < 1.29 is 14.1 Å². The molecule has 0 unspecified atom stereocenters. The summed E-state index contributed by atoms with van der Waals surface area (Å²) < 4.78 is 5.28. The minimum atomic E-state index is -0.0835. The molecule has 0 saturated heterocycles. The molecule has 2 aromatic rings. The molecule has 7 heteroatoms. The number of rotatable bonds is 9. The second kappa shape index (κ2) is 9.70. The third-order valence-corrected chi connectivity index (χ3v) is 4.08. The van der Waals surface area contributed by atoms with E-state index in [2.05, 4.69) is 22.4 Å². The van der Waals surface area contributed by atoms with Crippen LogP contribution in [0.25, 0.3) is 11.5 Å². The van der Waals surface area contributed by atoms with Gasteiger partial charge >= 0.3 is 0 Å². The van der Waals surface area contributed by atoms with Gasteiger partial charge in [-0.1, -0.05) is 25.4 Å². The Morgan fingerprint density at radius 2 is 1.92 bits per heavy atom. The van der Waals surface area contributed by atoms with Gasteiger partial charge in [0.15, 0.2) is 5.82 Å². The maximum Gasteiger partial charge on any atom is 0.257 e. The van der Waals surface area contributed by atoms with Gasteiger partial charge in [0.1, 0.15) is 0 Å². The number of likely N-dealkylation sites (N-methyl/N-ethyl adjacent to an activating group) is 1. The van der Waals surface area contributed by atoms with E-state index < -0.39 is 0 Å². The summed E-state index contributed by atoms with van der Waals surface area (Å²) in [4.78, 5) is 29.6. The lowest BCUT2D eigenvalue weighted by Gasteiger charge is -2.14. The second-order valence-corrected chi connectivity index (χ2v) is 6.12. The maximum absolute atomic E-state index is 12.0. The molecule has 1 N–H and O–H groups in total. The largest absolute Gasteiger partial charge is 0.352 e. The van der Waals surface area contributed by atoms with Crippen molar-refractivity contribution in [2.45, 2.75) is 39.5 Å². The van der Waals surface area contributed by atoms with Gasteiger partial charge in [-0.05, 0) is 30.7 Å². The Balaban J connectivity index is 1.94. The van der Waals surface area contributed by atoms with Crippen molar-refractivity contribution in [3.8, 4) is 11.5 Å². The average Bonchev–Trinajstić information content (AvgIpc) is 3.14. The summed E-state index contributed by atoms with van der Waals surface area (Å²) in [6.45, 7) is 5.14. The number of nitrogens with zero attached hydrogens (tertiary/aromatic N) is 3. The van der Waals surface area contributed by atoms with Gasteiger partial charge in [0.2, 0.25) is 5.91 Å². The van der Waals surface area contributed by atoms with Gasteiger partial charge in [-0.15, -0.1) is 0 Å². The molecule has 26 heavy (non-hydrogen) atoms. The van der Waals surface area contributed by atoms with Gasteiger partial charge < -0.3 is 14.7 Å². The highest BCUT2D eigenvalue weighted by atomic mass is 16.5. The Morgan fingerprint density at radius 3 is 2.58 bits per heavy atom. The number of carbonyl (C=O) groups excluding carboxylic acids is 2. The normalized spacial score (nSPS) is 10.6. The Labute approximate surface area is 153 Å². The van der Waals surface area contributed by atoms with Gasteiger partial charge in [0.25, 0.3) is 11.8 Å². The summed E-state index contributed by atoms with van der Waals surface area (Å²) >= 11 is 0. The van der Waals surface area contributed by atoms with Crippen molar-refractivity contribution in [2.75, 3.05) is 20.1 Å². The molecule has 1 aromatic heterocycles. The first-order valence-corrected chi connectivity index (χ1v) is 9.00. The molecule has 140 valence electrons. The van der Waals surface area contributed by atoms with Crippen LogP contribution in [0.5, 0.6) is 0 Å². The molecule has 2 rings (SSSR count). The quantitative estimate of drug-likeness (QED) is 0.696. The van der Waals surface area contributed by atoms with Crippen molar-refractivity contribution in [1.29, 1.82) is 0 Å². The van der Waals surface area contributed by atoms with E-state index in [1.54, 1.807) is 36.2 Å². The Morgan fingerprint density at radius 1 is 1.19 bits per heavy atom.